The molecule has 2 aromatic carbocycles. The van der Waals surface area contributed by atoms with E-state index in [-0.39, 0.29) is 0 Å². The van der Waals surface area contributed by atoms with Crippen LogP contribution in [0.15, 0.2) is 59.3 Å². The molecule has 0 saturated carbocycles. The normalized spacial score (nSPS) is 10.5. The van der Waals surface area contributed by atoms with E-state index in [1.54, 1.807) is 0 Å². The lowest BCUT2D eigenvalue weighted by atomic mass is 10.1. The quantitative estimate of drug-likeness (QED) is 0.789. The van der Waals surface area contributed by atoms with Crippen LogP contribution in [0.3, 0.4) is 0 Å². The van der Waals surface area contributed by atoms with E-state index in [1.165, 1.54) is 11.8 Å². The Balaban J connectivity index is 1.67. The molecule has 1 aromatic heterocycles. The third kappa shape index (κ3) is 3.05. The number of anilines is 1. The van der Waals surface area contributed by atoms with Gasteiger partial charge in [-0.2, -0.15) is 0 Å². The molecule has 0 amide bonds. The van der Waals surface area contributed by atoms with Crippen LogP contribution >= 0.6 is 0 Å². The molecule has 4 nitrogen and oxygen atoms in total. The number of hydrogen-bond donors (Lipinski definition) is 1. The Kier molecular flexibility index (Phi) is 3.60. The fourth-order valence-electron chi connectivity index (χ4n) is 2.02. The first-order valence-electron chi connectivity index (χ1n) is 6.71. The number of aromatic nitrogens is 1. The average molecular weight is 280 g/mol. The highest BCUT2D eigenvalue weighted by atomic mass is 16.5. The van der Waals surface area contributed by atoms with Crippen LogP contribution in [0.4, 0.5) is 5.69 Å². The first kappa shape index (κ1) is 13.2. The molecule has 106 valence electrons. The van der Waals surface area contributed by atoms with Crippen molar-refractivity contribution in [2.75, 3.05) is 5.73 Å². The predicted octanol–water partition coefficient (Wildman–Crippen LogP) is 3.81. The van der Waals surface area contributed by atoms with Gasteiger partial charge in [0.2, 0.25) is 0 Å². The Labute approximate surface area is 123 Å². The van der Waals surface area contributed by atoms with Crippen molar-refractivity contribution in [2.45, 2.75) is 13.5 Å². The SMILES string of the molecule is Cc1ccc(COc2ccc(-c3nocc3N)cc2)cc1. The molecule has 3 rings (SSSR count). The van der Waals surface area contributed by atoms with Crippen molar-refractivity contribution in [3.05, 3.63) is 65.9 Å². The number of rotatable bonds is 4. The molecule has 0 unspecified atom stereocenters. The fourth-order valence-corrected chi connectivity index (χ4v) is 2.02. The molecule has 0 spiro atoms. The molecule has 0 aliphatic rings. The van der Waals surface area contributed by atoms with Gasteiger partial charge in [-0.15, -0.1) is 0 Å². The topological polar surface area (TPSA) is 61.3 Å². The summed E-state index contributed by atoms with van der Waals surface area (Å²) in [4.78, 5) is 0. The first-order chi connectivity index (χ1) is 10.2. The molecular formula is C17H16N2O2. The van der Waals surface area contributed by atoms with Gasteiger partial charge in [-0.1, -0.05) is 35.0 Å². The summed E-state index contributed by atoms with van der Waals surface area (Å²) in [6, 6.07) is 15.9. The summed E-state index contributed by atoms with van der Waals surface area (Å²) in [5, 5.41) is 3.88. The summed E-state index contributed by atoms with van der Waals surface area (Å²) in [7, 11) is 0. The van der Waals surface area contributed by atoms with Gasteiger partial charge in [0.1, 0.15) is 30.0 Å². The van der Waals surface area contributed by atoms with Crippen molar-refractivity contribution < 1.29 is 9.26 Å². The number of nitrogen functional groups attached to an aromatic ring is 1. The van der Waals surface area contributed by atoms with E-state index >= 15 is 0 Å². The van der Waals surface area contributed by atoms with E-state index in [1.807, 2.05) is 24.3 Å². The molecule has 0 fully saturated rings. The first-order valence-corrected chi connectivity index (χ1v) is 6.71. The Morgan fingerprint density at radius 1 is 1.05 bits per heavy atom. The summed E-state index contributed by atoms with van der Waals surface area (Å²) in [6.07, 6.45) is 1.43. The highest BCUT2D eigenvalue weighted by molar-refractivity contribution is 5.71. The third-order valence-electron chi connectivity index (χ3n) is 3.25. The smallest absolute Gasteiger partial charge is 0.147 e. The van der Waals surface area contributed by atoms with Crippen molar-refractivity contribution in [1.29, 1.82) is 0 Å². The molecule has 0 aliphatic carbocycles. The van der Waals surface area contributed by atoms with Gasteiger partial charge >= 0.3 is 0 Å². The molecule has 0 atom stereocenters. The zero-order valence-electron chi connectivity index (χ0n) is 11.7. The van der Waals surface area contributed by atoms with Crippen LogP contribution in [0.2, 0.25) is 0 Å². The monoisotopic (exact) mass is 280 g/mol. The predicted molar refractivity (Wildman–Crippen MR) is 81.9 cm³/mol. The maximum absolute atomic E-state index is 5.77. The molecule has 4 heteroatoms. The zero-order valence-corrected chi connectivity index (χ0v) is 11.7. The number of nitrogens with two attached hydrogens (primary N) is 1. The molecule has 0 aliphatic heterocycles. The molecule has 21 heavy (non-hydrogen) atoms. The number of aryl methyl sites for hydroxylation is 1. The van der Waals surface area contributed by atoms with Crippen molar-refractivity contribution in [3.8, 4) is 17.0 Å². The molecule has 0 bridgehead atoms. The van der Waals surface area contributed by atoms with Gasteiger partial charge in [-0.3, -0.25) is 0 Å². The average Bonchev–Trinajstić information content (AvgIpc) is 2.93. The Bertz CT molecular complexity index is 715. The van der Waals surface area contributed by atoms with E-state index in [0.29, 0.717) is 18.0 Å². The van der Waals surface area contributed by atoms with Gasteiger partial charge in [0.25, 0.3) is 0 Å². The standard InChI is InChI=1S/C17H16N2O2/c1-12-2-4-13(5-3-12)10-20-15-8-6-14(7-9-15)17-16(18)11-21-19-17/h2-9,11H,10,18H2,1H3. The molecular weight excluding hydrogens is 264 g/mol. The number of ether oxygens (including phenoxy) is 1. The maximum atomic E-state index is 5.77. The van der Waals surface area contributed by atoms with Gasteiger partial charge in [-0.25, -0.2) is 0 Å². The van der Waals surface area contributed by atoms with E-state index in [0.717, 1.165) is 16.9 Å². The van der Waals surface area contributed by atoms with Crippen LogP contribution in [-0.2, 0) is 6.61 Å². The second kappa shape index (κ2) is 5.71. The van der Waals surface area contributed by atoms with Gasteiger partial charge in [0, 0.05) is 5.56 Å². The van der Waals surface area contributed by atoms with Gasteiger partial charge < -0.3 is 15.0 Å². The zero-order chi connectivity index (χ0) is 14.7. The largest absolute Gasteiger partial charge is 0.489 e. The highest BCUT2D eigenvalue weighted by Gasteiger charge is 2.07. The molecule has 3 aromatic rings. The number of hydrogen-bond acceptors (Lipinski definition) is 4. The number of benzene rings is 2. The van der Waals surface area contributed by atoms with Crippen LogP contribution in [-0.4, -0.2) is 5.16 Å². The van der Waals surface area contributed by atoms with Gasteiger partial charge in [0.15, 0.2) is 0 Å². The highest BCUT2D eigenvalue weighted by Crippen LogP contribution is 2.26. The van der Waals surface area contributed by atoms with E-state index < -0.39 is 0 Å². The Morgan fingerprint density at radius 3 is 2.38 bits per heavy atom. The third-order valence-corrected chi connectivity index (χ3v) is 3.25. The fraction of sp³-hybridized carbons (Fsp3) is 0.118. The van der Waals surface area contributed by atoms with E-state index in [2.05, 4.69) is 36.3 Å². The minimum atomic E-state index is 0.531. The lowest BCUT2D eigenvalue weighted by molar-refractivity contribution is 0.306. The molecule has 0 radical (unpaired) electrons. The van der Waals surface area contributed by atoms with Crippen molar-refractivity contribution in [3.63, 3.8) is 0 Å². The molecule has 0 saturated heterocycles. The summed E-state index contributed by atoms with van der Waals surface area (Å²) < 4.78 is 10.6. The second-order valence-electron chi connectivity index (χ2n) is 4.92. The summed E-state index contributed by atoms with van der Waals surface area (Å²) in [5.74, 6) is 0.807. The summed E-state index contributed by atoms with van der Waals surface area (Å²) >= 11 is 0. The van der Waals surface area contributed by atoms with Gasteiger partial charge in [0.05, 0.1) is 0 Å². The lowest BCUT2D eigenvalue weighted by Crippen LogP contribution is -1.95. The van der Waals surface area contributed by atoms with Crippen LogP contribution in [0.25, 0.3) is 11.3 Å². The summed E-state index contributed by atoms with van der Waals surface area (Å²) in [5.41, 5.74) is 10.2. The van der Waals surface area contributed by atoms with E-state index in [9.17, 15) is 0 Å². The van der Waals surface area contributed by atoms with Crippen molar-refractivity contribution in [1.82, 2.24) is 5.16 Å². The van der Waals surface area contributed by atoms with Crippen LogP contribution in [0, 0.1) is 6.92 Å². The van der Waals surface area contributed by atoms with Gasteiger partial charge in [-0.05, 0) is 36.8 Å². The summed E-state index contributed by atoms with van der Waals surface area (Å²) in [6.45, 7) is 2.62. The molecule has 2 N–H and O–H groups in total. The van der Waals surface area contributed by atoms with Crippen LogP contribution < -0.4 is 10.5 Å². The Hall–Kier alpha value is -2.75. The minimum absolute atomic E-state index is 0.531. The minimum Gasteiger partial charge on any atom is -0.489 e. The van der Waals surface area contributed by atoms with Crippen molar-refractivity contribution in [2.24, 2.45) is 0 Å². The van der Waals surface area contributed by atoms with Crippen LogP contribution in [0.5, 0.6) is 5.75 Å². The lowest BCUT2D eigenvalue weighted by Gasteiger charge is -2.07. The number of nitrogens with zero attached hydrogens (tertiary/aromatic N) is 1. The molecule has 1 heterocycles. The maximum Gasteiger partial charge on any atom is 0.147 e. The second-order valence-corrected chi connectivity index (χ2v) is 4.92. The van der Waals surface area contributed by atoms with Crippen molar-refractivity contribution >= 4 is 5.69 Å². The van der Waals surface area contributed by atoms with Crippen LogP contribution in [0.1, 0.15) is 11.1 Å². The Morgan fingerprint density at radius 2 is 1.76 bits per heavy atom. The van der Waals surface area contributed by atoms with E-state index in [4.69, 9.17) is 15.0 Å².